The van der Waals surface area contributed by atoms with Crippen molar-refractivity contribution in [3.8, 4) is 16.2 Å². The number of methoxy groups -OCH3 is 1. The third-order valence-corrected chi connectivity index (χ3v) is 13.5. The number of aliphatic hydroxyl groups is 1. The van der Waals surface area contributed by atoms with Crippen LogP contribution < -0.4 is 26.0 Å². The molecule has 18 heteroatoms. The molecular formula is C46H70FN9O6S2. The monoisotopic (exact) mass is 927 g/mol. The number of amides is 2. The lowest BCUT2D eigenvalue weighted by molar-refractivity contribution is -0.137. The summed E-state index contributed by atoms with van der Waals surface area (Å²) in [6.07, 6.45) is 6.41. The Morgan fingerprint density at radius 1 is 1.09 bits per heavy atom. The van der Waals surface area contributed by atoms with E-state index in [2.05, 4.69) is 74.3 Å². The fourth-order valence-electron chi connectivity index (χ4n) is 7.25. The summed E-state index contributed by atoms with van der Waals surface area (Å²) >= 11 is 3.49. The number of aldehydes is 2. The molecule has 0 spiro atoms. The highest BCUT2D eigenvalue weighted by Gasteiger charge is 2.43. The number of thioether (sulfide) groups is 1. The summed E-state index contributed by atoms with van der Waals surface area (Å²) < 4.78 is 17.1. The molecule has 0 bridgehead atoms. The van der Waals surface area contributed by atoms with E-state index in [1.54, 1.807) is 54.6 Å². The summed E-state index contributed by atoms with van der Waals surface area (Å²) in [5.41, 5.74) is 5.61. The molecule has 64 heavy (non-hydrogen) atoms. The van der Waals surface area contributed by atoms with Crippen molar-refractivity contribution >= 4 is 59.5 Å². The van der Waals surface area contributed by atoms with E-state index < -0.39 is 5.67 Å². The zero-order valence-electron chi connectivity index (χ0n) is 38.8. The highest BCUT2D eigenvalue weighted by atomic mass is 32.2. The molecule has 2 saturated heterocycles. The standard InChI is InChI=1S/C29H47N7O4S.C12H14N2S.C4H5FO.CH4O/c1-29(2,26(31-4)28(39)36-12-6-8-23(36)19-37)41-17-7-11-34-13-15-35(16-14-34)27(38)22-9-10-24(25(18-22)40-5)33-21-32-20-30-3;1-9-12(15-8-14-9)11-5-3-10(4-6-11)7-13-2;5-4(3-6)1-2-4;1-2/h9-10,18-20,23,26,31,33H,6-8,11-17,21H2,1-5H3,(H,30,32);3-6,8,13H,7H2,1-2H3;3H,1-2H2;2H,1H3. The quantitative estimate of drug-likeness (QED) is 0.0361. The Labute approximate surface area is 387 Å². The number of aliphatic hydroxyl groups excluding tert-OH is 1. The van der Waals surface area contributed by atoms with Crippen molar-refractivity contribution < 1.29 is 33.4 Å². The zero-order chi connectivity index (χ0) is 47.1. The molecule has 3 fully saturated rings. The Bertz CT molecular complexity index is 1910. The summed E-state index contributed by atoms with van der Waals surface area (Å²) in [6.45, 7) is 12.3. The first-order valence-electron chi connectivity index (χ1n) is 21.7. The number of likely N-dealkylation sites (N-methyl/N-ethyl adjacent to an activating group) is 1. The lowest BCUT2D eigenvalue weighted by atomic mass is 10.0. The number of nitrogens with one attached hydrogen (secondary N) is 4. The lowest BCUT2D eigenvalue weighted by Gasteiger charge is -2.37. The van der Waals surface area contributed by atoms with Gasteiger partial charge in [0.25, 0.3) is 5.91 Å². The fraction of sp³-hybridized carbons (Fsp3) is 0.565. The molecule has 3 aliphatic rings. The number of carbonyl (C=O) groups is 4. The summed E-state index contributed by atoms with van der Waals surface area (Å²) in [5.74, 6) is 1.58. The van der Waals surface area contributed by atoms with E-state index in [0.29, 0.717) is 56.7 Å². The maximum absolute atomic E-state index is 13.2. The van der Waals surface area contributed by atoms with Gasteiger partial charge < -0.3 is 45.7 Å². The van der Waals surface area contributed by atoms with Gasteiger partial charge in [-0.3, -0.25) is 24.3 Å². The SMILES string of the molecule is CN=CNCNc1ccc(C(=O)N2CCN(CCCSC(C)(C)C(NC)C(=O)N3CCCC3C=O)CC2)cc1OC.CNCc1ccc(-c2scnc2C)cc1.CO.O=CC1(F)CC1. The molecule has 1 aliphatic carbocycles. The van der Waals surface area contributed by atoms with Gasteiger partial charge in [0.2, 0.25) is 5.91 Å². The number of halogens is 1. The van der Waals surface area contributed by atoms with E-state index in [0.717, 1.165) is 76.0 Å². The summed E-state index contributed by atoms with van der Waals surface area (Å²) in [7, 11) is 8.07. The van der Waals surface area contributed by atoms with E-state index in [9.17, 15) is 23.6 Å². The van der Waals surface area contributed by atoms with Gasteiger partial charge in [-0.15, -0.1) is 11.3 Å². The largest absolute Gasteiger partial charge is 0.495 e. The minimum atomic E-state index is -1.39. The number of benzene rings is 2. The number of likely N-dealkylation sites (tertiary alicyclic amines) is 1. The molecular weight excluding hydrogens is 858 g/mol. The Hall–Kier alpha value is -4.46. The number of hydrogen-bond donors (Lipinski definition) is 5. The van der Waals surface area contributed by atoms with Crippen LogP contribution in [-0.4, -0.2) is 165 Å². The first kappa shape index (κ1) is 53.9. The number of piperazine rings is 1. The van der Waals surface area contributed by atoms with Gasteiger partial charge in [0.05, 0.1) is 47.9 Å². The molecule has 1 aromatic heterocycles. The van der Waals surface area contributed by atoms with E-state index in [4.69, 9.17) is 9.84 Å². The normalized spacial score (nSPS) is 17.1. The van der Waals surface area contributed by atoms with E-state index in [1.165, 1.54) is 16.0 Å². The van der Waals surface area contributed by atoms with Gasteiger partial charge in [0.15, 0.2) is 12.0 Å². The molecule has 3 heterocycles. The van der Waals surface area contributed by atoms with Gasteiger partial charge >= 0.3 is 0 Å². The molecule has 5 N–H and O–H groups in total. The van der Waals surface area contributed by atoms with Crippen LogP contribution in [0.2, 0.25) is 0 Å². The molecule has 15 nitrogen and oxygen atoms in total. The number of carbonyl (C=O) groups excluding carboxylic acids is 4. The van der Waals surface area contributed by atoms with Crippen molar-refractivity contribution in [2.24, 2.45) is 4.99 Å². The first-order chi connectivity index (χ1) is 30.8. The van der Waals surface area contributed by atoms with Crippen molar-refractivity contribution in [2.45, 2.75) is 81.9 Å². The highest BCUT2D eigenvalue weighted by Crippen LogP contribution is 2.37. The van der Waals surface area contributed by atoms with Crippen molar-refractivity contribution in [1.29, 1.82) is 0 Å². The Morgan fingerprint density at radius 2 is 1.80 bits per heavy atom. The number of rotatable bonds is 19. The number of hydrogen-bond acceptors (Lipinski definition) is 14. The Balaban J connectivity index is 0.000000382. The minimum Gasteiger partial charge on any atom is -0.495 e. The van der Waals surface area contributed by atoms with Crippen LogP contribution >= 0.6 is 23.1 Å². The number of aromatic nitrogens is 1. The van der Waals surface area contributed by atoms with Crippen LogP contribution in [0.3, 0.4) is 0 Å². The third kappa shape index (κ3) is 16.5. The van der Waals surface area contributed by atoms with Gasteiger partial charge in [-0.1, -0.05) is 24.3 Å². The van der Waals surface area contributed by atoms with E-state index in [1.807, 2.05) is 43.6 Å². The van der Waals surface area contributed by atoms with Crippen LogP contribution in [0.4, 0.5) is 10.1 Å². The average molecular weight is 928 g/mol. The second-order valence-electron chi connectivity index (χ2n) is 16.0. The predicted octanol–water partition coefficient (Wildman–Crippen LogP) is 4.88. The van der Waals surface area contributed by atoms with Crippen LogP contribution in [0.1, 0.15) is 67.6 Å². The Kier molecular flexibility index (Phi) is 23.4. The van der Waals surface area contributed by atoms with Crippen LogP contribution in [0, 0.1) is 6.92 Å². The van der Waals surface area contributed by atoms with Gasteiger partial charge in [-0.05, 0) is 109 Å². The van der Waals surface area contributed by atoms with Gasteiger partial charge in [0, 0.05) is 63.7 Å². The van der Waals surface area contributed by atoms with Gasteiger partial charge in [-0.2, -0.15) is 11.8 Å². The number of anilines is 1. The first-order valence-corrected chi connectivity index (χ1v) is 23.6. The molecule has 0 radical (unpaired) electrons. The van der Waals surface area contributed by atoms with E-state index in [-0.39, 0.29) is 28.6 Å². The zero-order valence-corrected chi connectivity index (χ0v) is 40.5. The predicted molar refractivity (Wildman–Crippen MR) is 259 cm³/mol. The third-order valence-electron chi connectivity index (χ3n) is 11.1. The summed E-state index contributed by atoms with van der Waals surface area (Å²) in [4.78, 5) is 62.8. The molecule has 2 atom stereocenters. The molecule has 2 amide bonds. The smallest absolute Gasteiger partial charge is 0.254 e. The molecule has 6 rings (SSSR count). The fourth-order valence-corrected chi connectivity index (χ4v) is 9.25. The number of nitrogens with zero attached hydrogens (tertiary/aromatic N) is 5. The van der Waals surface area contributed by atoms with Crippen molar-refractivity contribution in [3.05, 3.63) is 64.8 Å². The Morgan fingerprint density at radius 3 is 2.34 bits per heavy atom. The summed E-state index contributed by atoms with van der Waals surface area (Å²) in [6, 6.07) is 13.5. The maximum atomic E-state index is 13.2. The number of alkyl halides is 1. The van der Waals surface area contributed by atoms with Crippen LogP contribution in [0.5, 0.6) is 5.75 Å². The molecule has 3 aromatic rings. The summed E-state index contributed by atoms with van der Waals surface area (Å²) in [5, 5.41) is 19.6. The molecule has 2 aliphatic heterocycles. The highest BCUT2D eigenvalue weighted by molar-refractivity contribution is 8.00. The molecule has 2 aromatic carbocycles. The van der Waals surface area contributed by atoms with Crippen LogP contribution in [0.15, 0.2) is 53.0 Å². The minimum absolute atomic E-state index is 0.0145. The second-order valence-corrected chi connectivity index (χ2v) is 18.6. The number of aliphatic imine (C=N–C) groups is 1. The maximum Gasteiger partial charge on any atom is 0.254 e. The second kappa shape index (κ2) is 27.8. The van der Waals surface area contributed by atoms with Gasteiger partial charge in [-0.25, -0.2) is 9.37 Å². The van der Waals surface area contributed by atoms with Crippen molar-refractivity contribution in [1.82, 2.24) is 35.6 Å². The molecule has 2 unspecified atom stereocenters. The number of thiazole rings is 1. The van der Waals surface area contributed by atoms with Gasteiger partial charge in [0.1, 0.15) is 18.1 Å². The lowest BCUT2D eigenvalue weighted by Crippen LogP contribution is -2.56. The molecule has 1 saturated carbocycles. The topological polar surface area (TPSA) is 181 Å². The average Bonchev–Trinajstić information content (AvgIpc) is 3.63. The van der Waals surface area contributed by atoms with E-state index >= 15 is 0 Å². The van der Waals surface area contributed by atoms with Crippen LogP contribution in [-0.2, 0) is 20.9 Å². The number of aryl methyl sites for hydroxylation is 1. The molecule has 354 valence electrons. The van der Waals surface area contributed by atoms with Crippen molar-refractivity contribution in [3.63, 3.8) is 0 Å². The van der Waals surface area contributed by atoms with Crippen molar-refractivity contribution in [2.75, 3.05) is 92.4 Å². The van der Waals surface area contributed by atoms with Crippen LogP contribution in [0.25, 0.3) is 10.4 Å². The number of ether oxygens (including phenoxy) is 1.